The molecule has 0 aromatic rings. The molecule has 0 fully saturated rings. The van der Waals surface area contributed by atoms with Crippen molar-refractivity contribution in [1.29, 1.82) is 0 Å². The molecule has 2 unspecified atom stereocenters. The molecule has 0 aromatic carbocycles. The first-order valence-electron chi connectivity index (χ1n) is 4.30. The number of thioether (sulfide) groups is 2. The summed E-state index contributed by atoms with van der Waals surface area (Å²) in [5, 5.41) is 0.766. The Morgan fingerprint density at radius 2 is 2.00 bits per heavy atom. The third-order valence-corrected chi connectivity index (χ3v) is 4.33. The summed E-state index contributed by atoms with van der Waals surface area (Å²) in [5.41, 5.74) is 0. The van der Waals surface area contributed by atoms with Crippen molar-refractivity contribution in [2.45, 2.75) is 43.4 Å². The maximum atomic E-state index is 4.09. The van der Waals surface area contributed by atoms with Gasteiger partial charge in [-0.25, -0.2) is 0 Å². The van der Waals surface area contributed by atoms with Gasteiger partial charge in [-0.05, 0) is 25.5 Å². The SMILES string of the molecule is [CH2]C(SCCC)SC(C)CC. The van der Waals surface area contributed by atoms with Crippen LogP contribution in [0.1, 0.15) is 33.6 Å². The van der Waals surface area contributed by atoms with E-state index in [0.29, 0.717) is 4.58 Å². The van der Waals surface area contributed by atoms with Crippen molar-refractivity contribution in [3.8, 4) is 0 Å². The molecule has 67 valence electrons. The Hall–Kier alpha value is 0.700. The lowest BCUT2D eigenvalue weighted by Crippen LogP contribution is -2.00. The quantitative estimate of drug-likeness (QED) is 0.585. The van der Waals surface area contributed by atoms with Crippen molar-refractivity contribution >= 4 is 23.5 Å². The molecule has 2 heteroatoms. The second-order valence-electron chi connectivity index (χ2n) is 2.66. The van der Waals surface area contributed by atoms with E-state index in [2.05, 4.69) is 27.7 Å². The average Bonchev–Trinajstić information content (AvgIpc) is 2.00. The van der Waals surface area contributed by atoms with Gasteiger partial charge in [0.25, 0.3) is 0 Å². The van der Waals surface area contributed by atoms with Gasteiger partial charge in [0.15, 0.2) is 0 Å². The Bertz CT molecular complexity index is 83.6. The van der Waals surface area contributed by atoms with Crippen LogP contribution in [0.4, 0.5) is 0 Å². The van der Waals surface area contributed by atoms with Crippen molar-refractivity contribution in [3.05, 3.63) is 6.92 Å². The summed E-state index contributed by atoms with van der Waals surface area (Å²) < 4.78 is 0.532. The molecule has 0 aliphatic rings. The number of hydrogen-bond donors (Lipinski definition) is 0. The second kappa shape index (κ2) is 7.35. The van der Waals surface area contributed by atoms with E-state index in [9.17, 15) is 0 Å². The summed E-state index contributed by atoms with van der Waals surface area (Å²) in [6.07, 6.45) is 2.52. The molecule has 0 nitrogen and oxygen atoms in total. The Balaban J connectivity index is 3.27. The summed E-state index contributed by atoms with van der Waals surface area (Å²) in [6, 6.07) is 0. The highest BCUT2D eigenvalue weighted by Crippen LogP contribution is 2.28. The van der Waals surface area contributed by atoms with Gasteiger partial charge in [0.05, 0.1) is 4.58 Å². The van der Waals surface area contributed by atoms with E-state index in [1.54, 1.807) is 0 Å². The summed E-state index contributed by atoms with van der Waals surface area (Å²) in [5.74, 6) is 1.25. The van der Waals surface area contributed by atoms with E-state index in [4.69, 9.17) is 0 Å². The Morgan fingerprint density at radius 1 is 1.36 bits per heavy atom. The monoisotopic (exact) mass is 191 g/mol. The molecule has 2 atom stereocenters. The van der Waals surface area contributed by atoms with Crippen LogP contribution in [-0.2, 0) is 0 Å². The van der Waals surface area contributed by atoms with E-state index in [1.807, 2.05) is 23.5 Å². The van der Waals surface area contributed by atoms with Crippen molar-refractivity contribution in [2.24, 2.45) is 0 Å². The van der Waals surface area contributed by atoms with Crippen molar-refractivity contribution in [1.82, 2.24) is 0 Å². The normalized spacial score (nSPS) is 16.4. The number of hydrogen-bond acceptors (Lipinski definition) is 2. The molecule has 0 saturated heterocycles. The van der Waals surface area contributed by atoms with E-state index in [-0.39, 0.29) is 0 Å². The molecule has 0 aromatic heterocycles. The summed E-state index contributed by atoms with van der Waals surface area (Å²) in [6.45, 7) is 10.8. The van der Waals surface area contributed by atoms with Gasteiger partial charge in [0.2, 0.25) is 0 Å². The van der Waals surface area contributed by atoms with Crippen LogP contribution in [-0.4, -0.2) is 15.6 Å². The predicted octanol–water partition coefficient (Wildman–Crippen LogP) is 3.82. The van der Waals surface area contributed by atoms with Gasteiger partial charge in [-0.15, -0.1) is 23.5 Å². The van der Waals surface area contributed by atoms with Crippen LogP contribution in [0.2, 0.25) is 0 Å². The third-order valence-electron chi connectivity index (χ3n) is 1.47. The van der Waals surface area contributed by atoms with E-state index >= 15 is 0 Å². The molecule has 0 N–H and O–H groups in total. The predicted molar refractivity (Wildman–Crippen MR) is 59.2 cm³/mol. The van der Waals surface area contributed by atoms with Crippen LogP contribution in [0, 0.1) is 6.92 Å². The first kappa shape index (κ1) is 11.7. The van der Waals surface area contributed by atoms with Gasteiger partial charge >= 0.3 is 0 Å². The molecule has 0 bridgehead atoms. The highest BCUT2D eigenvalue weighted by molar-refractivity contribution is 8.17. The highest BCUT2D eigenvalue weighted by atomic mass is 32.2. The van der Waals surface area contributed by atoms with Crippen LogP contribution in [0.5, 0.6) is 0 Å². The van der Waals surface area contributed by atoms with Crippen LogP contribution in [0.15, 0.2) is 0 Å². The molecule has 0 amide bonds. The second-order valence-corrected chi connectivity index (χ2v) is 5.91. The molecule has 0 heterocycles. The average molecular weight is 191 g/mol. The minimum atomic E-state index is 0.532. The lowest BCUT2D eigenvalue weighted by molar-refractivity contribution is 0.906. The summed E-state index contributed by atoms with van der Waals surface area (Å²) in [4.78, 5) is 0. The molecule has 11 heavy (non-hydrogen) atoms. The van der Waals surface area contributed by atoms with E-state index in [1.165, 1.54) is 18.6 Å². The van der Waals surface area contributed by atoms with Gasteiger partial charge in [0, 0.05) is 5.25 Å². The maximum Gasteiger partial charge on any atom is 0.0505 e. The molecule has 0 aliphatic carbocycles. The zero-order chi connectivity index (χ0) is 8.69. The molecule has 0 aliphatic heterocycles. The van der Waals surface area contributed by atoms with E-state index < -0.39 is 0 Å². The van der Waals surface area contributed by atoms with Gasteiger partial charge in [-0.1, -0.05) is 20.8 Å². The summed E-state index contributed by atoms with van der Waals surface area (Å²) >= 11 is 3.96. The molecule has 0 saturated carbocycles. The minimum Gasteiger partial charge on any atom is -0.148 e. The largest absolute Gasteiger partial charge is 0.148 e. The van der Waals surface area contributed by atoms with Crippen LogP contribution >= 0.6 is 23.5 Å². The fourth-order valence-corrected chi connectivity index (χ4v) is 3.03. The zero-order valence-corrected chi connectivity index (χ0v) is 9.43. The Kier molecular flexibility index (Phi) is 7.82. The van der Waals surface area contributed by atoms with Crippen molar-refractivity contribution in [3.63, 3.8) is 0 Å². The van der Waals surface area contributed by atoms with Gasteiger partial charge in [-0.3, -0.25) is 0 Å². The Morgan fingerprint density at radius 3 is 2.45 bits per heavy atom. The van der Waals surface area contributed by atoms with Crippen molar-refractivity contribution in [2.75, 3.05) is 5.75 Å². The fourth-order valence-electron chi connectivity index (χ4n) is 0.644. The van der Waals surface area contributed by atoms with Gasteiger partial charge in [-0.2, -0.15) is 0 Å². The maximum absolute atomic E-state index is 4.09. The molecular weight excluding hydrogens is 172 g/mol. The van der Waals surface area contributed by atoms with Crippen LogP contribution in [0.3, 0.4) is 0 Å². The molecule has 1 radical (unpaired) electrons. The lowest BCUT2D eigenvalue weighted by atomic mass is 10.4. The smallest absolute Gasteiger partial charge is 0.0505 e. The lowest BCUT2D eigenvalue weighted by Gasteiger charge is -2.14. The standard InChI is InChI=1S/C9H19S2/c1-5-7-10-9(4)11-8(3)6-2/h8-9H,4-7H2,1-3H3. The topological polar surface area (TPSA) is 0 Å². The van der Waals surface area contributed by atoms with Crippen LogP contribution in [0.25, 0.3) is 0 Å². The van der Waals surface area contributed by atoms with Gasteiger partial charge < -0.3 is 0 Å². The first-order chi connectivity index (χ1) is 5.20. The fraction of sp³-hybridized carbons (Fsp3) is 0.889. The van der Waals surface area contributed by atoms with E-state index in [0.717, 1.165) is 5.25 Å². The van der Waals surface area contributed by atoms with Gasteiger partial charge in [0.1, 0.15) is 0 Å². The minimum absolute atomic E-state index is 0.532. The highest BCUT2D eigenvalue weighted by Gasteiger charge is 2.06. The molecular formula is C9H19S2. The first-order valence-corrected chi connectivity index (χ1v) is 6.30. The zero-order valence-electron chi connectivity index (χ0n) is 7.80. The third kappa shape index (κ3) is 7.07. The molecule has 0 rings (SSSR count). The van der Waals surface area contributed by atoms with Crippen LogP contribution < -0.4 is 0 Å². The molecule has 0 spiro atoms. The Labute approximate surface area is 79.9 Å². The van der Waals surface area contributed by atoms with Crippen molar-refractivity contribution < 1.29 is 0 Å². The summed E-state index contributed by atoms with van der Waals surface area (Å²) in [7, 11) is 0. The number of rotatable bonds is 6.